The lowest BCUT2D eigenvalue weighted by Gasteiger charge is -2.10. The van der Waals surface area contributed by atoms with Crippen LogP contribution in [0, 0.1) is 0 Å². The SMILES string of the molecule is CC(O)c1cccnc1Sc1nc(=O)c(=O)[nH]n1C. The summed E-state index contributed by atoms with van der Waals surface area (Å²) in [5, 5.41) is 12.8. The molecule has 8 heteroatoms. The highest BCUT2D eigenvalue weighted by Crippen LogP contribution is 2.28. The minimum atomic E-state index is -0.852. The van der Waals surface area contributed by atoms with E-state index in [1.54, 1.807) is 32.3 Å². The van der Waals surface area contributed by atoms with Gasteiger partial charge in [-0.05, 0) is 24.8 Å². The standard InChI is InChI=1S/C11H12N4O3S/c1-6(16)7-4-3-5-12-10(7)19-11-13-8(17)9(18)14-15(11)2/h3-6,16H,1-2H3,(H,14,18). The fraction of sp³-hybridized carbons (Fsp3) is 0.273. The van der Waals surface area contributed by atoms with Crippen molar-refractivity contribution in [1.29, 1.82) is 0 Å². The molecule has 19 heavy (non-hydrogen) atoms. The second-order valence-corrected chi connectivity index (χ2v) is 4.83. The number of aliphatic hydroxyl groups excluding tert-OH is 1. The fourth-order valence-corrected chi connectivity index (χ4v) is 2.40. The number of pyridine rings is 1. The van der Waals surface area contributed by atoms with Crippen LogP contribution in [0.3, 0.4) is 0 Å². The molecule has 0 aromatic carbocycles. The van der Waals surface area contributed by atoms with Crippen LogP contribution in [0.25, 0.3) is 0 Å². The van der Waals surface area contributed by atoms with Gasteiger partial charge in [0.2, 0.25) is 0 Å². The lowest BCUT2D eigenvalue weighted by molar-refractivity contribution is 0.195. The van der Waals surface area contributed by atoms with Crippen molar-refractivity contribution in [2.75, 3.05) is 0 Å². The van der Waals surface area contributed by atoms with Gasteiger partial charge < -0.3 is 5.11 Å². The first kappa shape index (κ1) is 13.5. The van der Waals surface area contributed by atoms with E-state index < -0.39 is 17.2 Å². The van der Waals surface area contributed by atoms with E-state index in [0.717, 1.165) is 11.8 Å². The molecule has 0 bridgehead atoms. The first-order valence-electron chi connectivity index (χ1n) is 5.47. The van der Waals surface area contributed by atoms with E-state index in [1.807, 2.05) is 0 Å². The van der Waals surface area contributed by atoms with Gasteiger partial charge in [-0.15, -0.1) is 0 Å². The predicted molar refractivity (Wildman–Crippen MR) is 69.1 cm³/mol. The predicted octanol–water partition coefficient (Wildman–Crippen LogP) is 0.0681. The lowest BCUT2D eigenvalue weighted by atomic mass is 10.2. The summed E-state index contributed by atoms with van der Waals surface area (Å²) in [5.74, 6) is 0. The Morgan fingerprint density at radius 3 is 2.89 bits per heavy atom. The molecule has 100 valence electrons. The first-order chi connectivity index (χ1) is 8.99. The molecule has 0 aliphatic heterocycles. The molecule has 2 aromatic heterocycles. The Kier molecular flexibility index (Phi) is 3.82. The average Bonchev–Trinajstić information content (AvgIpc) is 2.36. The number of nitrogens with one attached hydrogen (secondary N) is 1. The minimum absolute atomic E-state index is 0.296. The van der Waals surface area contributed by atoms with Crippen molar-refractivity contribution in [1.82, 2.24) is 19.7 Å². The molecule has 1 unspecified atom stereocenters. The zero-order valence-corrected chi connectivity index (χ0v) is 11.1. The number of aryl methyl sites for hydroxylation is 1. The van der Waals surface area contributed by atoms with Crippen LogP contribution < -0.4 is 11.1 Å². The number of aliphatic hydroxyl groups is 1. The molecule has 0 amide bonds. The molecule has 2 rings (SSSR count). The Morgan fingerprint density at radius 1 is 1.47 bits per heavy atom. The summed E-state index contributed by atoms with van der Waals surface area (Å²) in [4.78, 5) is 30.2. The Balaban J connectivity index is 2.45. The van der Waals surface area contributed by atoms with E-state index >= 15 is 0 Å². The average molecular weight is 280 g/mol. The number of rotatable bonds is 3. The molecule has 7 nitrogen and oxygen atoms in total. The lowest BCUT2D eigenvalue weighted by Crippen LogP contribution is -2.33. The van der Waals surface area contributed by atoms with Crippen molar-refractivity contribution >= 4 is 11.8 Å². The highest BCUT2D eigenvalue weighted by atomic mass is 32.2. The fourth-order valence-electron chi connectivity index (χ4n) is 1.44. The van der Waals surface area contributed by atoms with Crippen LogP contribution in [0.15, 0.2) is 38.1 Å². The molecule has 1 atom stereocenters. The van der Waals surface area contributed by atoms with E-state index in [4.69, 9.17) is 0 Å². The normalized spacial score (nSPS) is 12.4. The second-order valence-electron chi connectivity index (χ2n) is 3.88. The maximum Gasteiger partial charge on any atom is 0.339 e. The Hall–Kier alpha value is -1.93. The molecule has 0 radical (unpaired) electrons. The molecule has 0 aliphatic rings. The van der Waals surface area contributed by atoms with Crippen molar-refractivity contribution < 1.29 is 5.11 Å². The van der Waals surface area contributed by atoms with Gasteiger partial charge in [-0.1, -0.05) is 6.07 Å². The van der Waals surface area contributed by atoms with Gasteiger partial charge in [-0.25, -0.2) is 4.98 Å². The topological polar surface area (TPSA) is 101 Å². The second kappa shape index (κ2) is 5.37. The van der Waals surface area contributed by atoms with E-state index in [1.165, 1.54) is 4.68 Å². The summed E-state index contributed by atoms with van der Waals surface area (Å²) in [7, 11) is 1.57. The largest absolute Gasteiger partial charge is 0.389 e. The maximum absolute atomic E-state index is 11.2. The zero-order chi connectivity index (χ0) is 14.0. The van der Waals surface area contributed by atoms with Gasteiger partial charge in [-0.3, -0.25) is 19.4 Å². The van der Waals surface area contributed by atoms with Crippen LogP contribution in [-0.4, -0.2) is 24.9 Å². The molecule has 0 saturated carbocycles. The van der Waals surface area contributed by atoms with Gasteiger partial charge in [0.25, 0.3) is 0 Å². The van der Waals surface area contributed by atoms with Crippen LogP contribution in [-0.2, 0) is 7.05 Å². The third kappa shape index (κ3) is 2.91. The van der Waals surface area contributed by atoms with E-state index in [2.05, 4.69) is 15.1 Å². The summed E-state index contributed by atoms with van der Waals surface area (Å²) in [6.45, 7) is 1.63. The summed E-state index contributed by atoms with van der Waals surface area (Å²) in [6, 6.07) is 3.45. The van der Waals surface area contributed by atoms with Crippen molar-refractivity contribution in [2.45, 2.75) is 23.2 Å². The third-order valence-corrected chi connectivity index (χ3v) is 3.47. The van der Waals surface area contributed by atoms with Crippen LogP contribution in [0.5, 0.6) is 0 Å². The van der Waals surface area contributed by atoms with Crippen molar-refractivity contribution in [3.05, 3.63) is 44.6 Å². The maximum atomic E-state index is 11.2. The molecule has 0 fully saturated rings. The van der Waals surface area contributed by atoms with Gasteiger partial charge >= 0.3 is 11.1 Å². The number of nitrogens with zero attached hydrogens (tertiary/aromatic N) is 3. The third-order valence-electron chi connectivity index (χ3n) is 2.39. The number of hydrogen-bond donors (Lipinski definition) is 2. The monoisotopic (exact) mass is 280 g/mol. The molecular formula is C11H12N4O3S. The molecular weight excluding hydrogens is 268 g/mol. The van der Waals surface area contributed by atoms with Crippen LogP contribution in [0.1, 0.15) is 18.6 Å². The van der Waals surface area contributed by atoms with Gasteiger partial charge in [0, 0.05) is 18.8 Å². The molecule has 2 heterocycles. The van der Waals surface area contributed by atoms with E-state index in [0.29, 0.717) is 15.7 Å². The van der Waals surface area contributed by atoms with E-state index in [-0.39, 0.29) is 0 Å². The number of hydrogen-bond acceptors (Lipinski definition) is 6. The smallest absolute Gasteiger partial charge is 0.339 e. The highest BCUT2D eigenvalue weighted by molar-refractivity contribution is 7.99. The zero-order valence-electron chi connectivity index (χ0n) is 10.3. The quantitative estimate of drug-likeness (QED) is 0.771. The van der Waals surface area contributed by atoms with Crippen molar-refractivity contribution in [3.63, 3.8) is 0 Å². The summed E-state index contributed by atoms with van der Waals surface area (Å²) >= 11 is 1.10. The Morgan fingerprint density at radius 2 is 2.21 bits per heavy atom. The highest BCUT2D eigenvalue weighted by Gasteiger charge is 2.13. The Labute approximate surface area is 112 Å². The van der Waals surface area contributed by atoms with Crippen LogP contribution in [0.2, 0.25) is 0 Å². The molecule has 0 spiro atoms. The van der Waals surface area contributed by atoms with E-state index in [9.17, 15) is 14.7 Å². The Bertz CT molecular complexity index is 708. The van der Waals surface area contributed by atoms with Gasteiger partial charge in [0.05, 0.1) is 6.10 Å². The number of aromatic amines is 1. The molecule has 0 saturated heterocycles. The minimum Gasteiger partial charge on any atom is -0.389 e. The summed E-state index contributed by atoms with van der Waals surface area (Å²) < 4.78 is 1.34. The molecule has 0 aliphatic carbocycles. The number of aromatic nitrogens is 4. The van der Waals surface area contributed by atoms with Crippen molar-refractivity contribution in [3.8, 4) is 0 Å². The molecule has 2 aromatic rings. The summed E-state index contributed by atoms with van der Waals surface area (Å²) in [6.07, 6.45) is 0.897. The molecule has 2 N–H and O–H groups in total. The van der Waals surface area contributed by atoms with Gasteiger partial charge in [0.1, 0.15) is 5.03 Å². The number of H-pyrrole nitrogens is 1. The van der Waals surface area contributed by atoms with Crippen LogP contribution >= 0.6 is 11.8 Å². The van der Waals surface area contributed by atoms with Crippen LogP contribution in [0.4, 0.5) is 0 Å². The van der Waals surface area contributed by atoms with Crippen molar-refractivity contribution in [2.24, 2.45) is 7.05 Å². The van der Waals surface area contributed by atoms with Gasteiger partial charge in [0.15, 0.2) is 5.16 Å². The first-order valence-corrected chi connectivity index (χ1v) is 6.29. The summed E-state index contributed by atoms with van der Waals surface area (Å²) in [5.41, 5.74) is -0.994. The van der Waals surface area contributed by atoms with Gasteiger partial charge in [-0.2, -0.15) is 4.98 Å².